The summed E-state index contributed by atoms with van der Waals surface area (Å²) < 4.78 is 27.6. The van der Waals surface area contributed by atoms with Crippen molar-refractivity contribution in [1.29, 1.82) is 0 Å². The second-order valence-corrected chi connectivity index (χ2v) is 8.64. The lowest BCUT2D eigenvalue weighted by Gasteiger charge is -2.25. The normalized spacial score (nSPS) is 17.7. The van der Waals surface area contributed by atoms with Crippen LogP contribution in [0.25, 0.3) is 0 Å². The molecule has 0 atom stereocenters. The highest BCUT2D eigenvalue weighted by Gasteiger charge is 2.24. The van der Waals surface area contributed by atoms with Gasteiger partial charge in [0, 0.05) is 0 Å². The second kappa shape index (κ2) is 6.36. The molecule has 2 N–H and O–H groups in total. The first-order valence-corrected chi connectivity index (χ1v) is 9.24. The molecule has 1 aromatic carbocycles. The zero-order chi connectivity index (χ0) is 15.5. The molecule has 0 unspecified atom stereocenters. The molecule has 0 aliphatic carbocycles. The summed E-state index contributed by atoms with van der Waals surface area (Å²) in [5.74, 6) is 0.471. The molecule has 0 radical (unpaired) electrons. The van der Waals surface area contributed by atoms with Gasteiger partial charge in [-0.3, -0.25) is 4.72 Å². The molecule has 0 amide bonds. The zero-order valence-corrected chi connectivity index (χ0v) is 14.0. The van der Waals surface area contributed by atoms with E-state index in [-0.39, 0.29) is 17.1 Å². The van der Waals surface area contributed by atoms with Gasteiger partial charge < -0.3 is 5.32 Å². The number of benzene rings is 1. The number of rotatable bonds is 4. The molecule has 0 saturated carbocycles. The Balaban J connectivity index is 2.13. The van der Waals surface area contributed by atoms with Crippen molar-refractivity contribution in [3.05, 3.63) is 29.8 Å². The summed E-state index contributed by atoms with van der Waals surface area (Å²) in [7, 11) is -3.29. The number of piperidine rings is 1. The van der Waals surface area contributed by atoms with Crippen molar-refractivity contribution in [2.75, 3.05) is 23.6 Å². The molecule has 0 aromatic heterocycles. The lowest BCUT2D eigenvalue weighted by atomic mass is 9.86. The number of hydrogen-bond donors (Lipinski definition) is 2. The number of hydrogen-bond acceptors (Lipinski definition) is 3. The molecule has 0 spiro atoms. The van der Waals surface area contributed by atoms with Crippen LogP contribution >= 0.6 is 0 Å². The maximum Gasteiger partial charge on any atom is 0.233 e. The number of anilines is 1. The van der Waals surface area contributed by atoms with Gasteiger partial charge >= 0.3 is 0 Å². The van der Waals surface area contributed by atoms with E-state index >= 15 is 0 Å². The molecule has 1 aliphatic rings. The van der Waals surface area contributed by atoms with Crippen LogP contribution in [0.5, 0.6) is 0 Å². The molecule has 2 rings (SSSR count). The van der Waals surface area contributed by atoms with E-state index in [1.54, 1.807) is 0 Å². The maximum atomic E-state index is 12.4. The topological polar surface area (TPSA) is 58.2 Å². The van der Waals surface area contributed by atoms with E-state index in [0.29, 0.717) is 5.69 Å². The quantitative estimate of drug-likeness (QED) is 0.899. The summed E-state index contributed by atoms with van der Waals surface area (Å²) in [5, 5.41) is 3.26. The third kappa shape index (κ3) is 4.71. The summed E-state index contributed by atoms with van der Waals surface area (Å²) in [4.78, 5) is 0. The second-order valence-electron chi connectivity index (χ2n) is 6.87. The van der Waals surface area contributed by atoms with Crippen LogP contribution in [0.1, 0.15) is 39.2 Å². The third-order valence-electron chi connectivity index (χ3n) is 3.91. The summed E-state index contributed by atoms with van der Waals surface area (Å²) in [5.41, 5.74) is 1.64. The standard InChI is InChI=1S/C16H26N2O2S/c1-16(2,3)14-6-4-5-7-15(14)18-21(19,20)12-13-8-10-17-11-9-13/h4-7,13,17-18H,8-12H2,1-3H3. The summed E-state index contributed by atoms with van der Waals surface area (Å²) >= 11 is 0. The number of para-hydroxylation sites is 1. The van der Waals surface area contributed by atoms with Crippen molar-refractivity contribution < 1.29 is 8.42 Å². The Bertz CT molecular complexity index is 570. The first-order chi connectivity index (χ1) is 9.78. The van der Waals surface area contributed by atoms with Gasteiger partial charge in [0.05, 0.1) is 11.4 Å². The van der Waals surface area contributed by atoms with Crippen molar-refractivity contribution >= 4 is 15.7 Å². The highest BCUT2D eigenvalue weighted by atomic mass is 32.2. The van der Waals surface area contributed by atoms with Crippen molar-refractivity contribution in [3.8, 4) is 0 Å². The summed E-state index contributed by atoms with van der Waals surface area (Å²) in [6.07, 6.45) is 1.86. The van der Waals surface area contributed by atoms with Crippen LogP contribution in [0.3, 0.4) is 0 Å². The van der Waals surface area contributed by atoms with E-state index in [1.165, 1.54) is 0 Å². The number of sulfonamides is 1. The van der Waals surface area contributed by atoms with Gasteiger partial charge in [-0.25, -0.2) is 8.42 Å². The fraction of sp³-hybridized carbons (Fsp3) is 0.625. The van der Waals surface area contributed by atoms with Gasteiger partial charge in [0.1, 0.15) is 0 Å². The molecule has 1 aliphatic heterocycles. The van der Waals surface area contributed by atoms with Crippen LogP contribution in [-0.4, -0.2) is 27.3 Å². The zero-order valence-electron chi connectivity index (χ0n) is 13.1. The Morgan fingerprint density at radius 1 is 1.19 bits per heavy atom. The average Bonchev–Trinajstić information content (AvgIpc) is 2.38. The molecule has 1 aromatic rings. The predicted octanol–water partition coefficient (Wildman–Crippen LogP) is 2.73. The van der Waals surface area contributed by atoms with Crippen LogP contribution in [0.15, 0.2) is 24.3 Å². The van der Waals surface area contributed by atoms with Gasteiger partial charge in [-0.15, -0.1) is 0 Å². The monoisotopic (exact) mass is 310 g/mol. The Labute approximate surface area is 128 Å². The van der Waals surface area contributed by atoms with Crippen LogP contribution < -0.4 is 10.0 Å². The van der Waals surface area contributed by atoms with E-state index in [4.69, 9.17) is 0 Å². The lowest BCUT2D eigenvalue weighted by molar-refractivity contribution is 0.402. The molecular weight excluding hydrogens is 284 g/mol. The molecule has 0 bridgehead atoms. The van der Waals surface area contributed by atoms with E-state index in [1.807, 2.05) is 24.3 Å². The van der Waals surface area contributed by atoms with Crippen molar-refractivity contribution in [2.24, 2.45) is 5.92 Å². The van der Waals surface area contributed by atoms with Crippen LogP contribution in [0, 0.1) is 5.92 Å². The lowest BCUT2D eigenvalue weighted by Crippen LogP contribution is -2.33. The smallest absolute Gasteiger partial charge is 0.233 e. The van der Waals surface area contributed by atoms with Crippen molar-refractivity contribution in [3.63, 3.8) is 0 Å². The van der Waals surface area contributed by atoms with Gasteiger partial charge in [-0.1, -0.05) is 39.0 Å². The first-order valence-electron chi connectivity index (χ1n) is 7.59. The first kappa shape index (κ1) is 16.3. The fourth-order valence-corrected chi connectivity index (χ4v) is 4.34. The van der Waals surface area contributed by atoms with Crippen LogP contribution in [0.2, 0.25) is 0 Å². The maximum absolute atomic E-state index is 12.4. The molecule has 21 heavy (non-hydrogen) atoms. The Morgan fingerprint density at radius 2 is 1.81 bits per heavy atom. The Kier molecular flexibility index (Phi) is 4.94. The van der Waals surface area contributed by atoms with E-state index in [2.05, 4.69) is 30.8 Å². The molecule has 1 fully saturated rings. The van der Waals surface area contributed by atoms with Gasteiger partial charge in [-0.2, -0.15) is 0 Å². The van der Waals surface area contributed by atoms with E-state index < -0.39 is 10.0 Å². The average molecular weight is 310 g/mol. The van der Waals surface area contributed by atoms with Crippen LogP contribution in [-0.2, 0) is 15.4 Å². The number of nitrogens with one attached hydrogen (secondary N) is 2. The third-order valence-corrected chi connectivity index (χ3v) is 5.36. The fourth-order valence-electron chi connectivity index (χ4n) is 2.79. The van der Waals surface area contributed by atoms with Gasteiger partial charge in [-0.05, 0) is 48.9 Å². The highest BCUT2D eigenvalue weighted by molar-refractivity contribution is 7.92. The minimum Gasteiger partial charge on any atom is -0.317 e. The largest absolute Gasteiger partial charge is 0.317 e. The summed E-state index contributed by atoms with van der Waals surface area (Å²) in [6, 6.07) is 7.66. The Morgan fingerprint density at radius 3 is 2.43 bits per heavy atom. The van der Waals surface area contributed by atoms with E-state index in [9.17, 15) is 8.42 Å². The van der Waals surface area contributed by atoms with Crippen molar-refractivity contribution in [1.82, 2.24) is 5.32 Å². The minimum atomic E-state index is -3.29. The molecule has 4 nitrogen and oxygen atoms in total. The minimum absolute atomic E-state index is 0.0894. The van der Waals surface area contributed by atoms with E-state index in [0.717, 1.165) is 31.5 Å². The van der Waals surface area contributed by atoms with Gasteiger partial charge in [0.15, 0.2) is 0 Å². The van der Waals surface area contributed by atoms with Gasteiger partial charge in [0.2, 0.25) is 10.0 Å². The molecule has 1 heterocycles. The van der Waals surface area contributed by atoms with Crippen LogP contribution in [0.4, 0.5) is 5.69 Å². The molecule has 118 valence electrons. The summed E-state index contributed by atoms with van der Waals surface area (Å²) in [6.45, 7) is 8.10. The van der Waals surface area contributed by atoms with Gasteiger partial charge in [0.25, 0.3) is 0 Å². The highest BCUT2D eigenvalue weighted by Crippen LogP contribution is 2.30. The predicted molar refractivity (Wildman–Crippen MR) is 88.1 cm³/mol. The van der Waals surface area contributed by atoms with Crippen molar-refractivity contribution in [2.45, 2.75) is 39.0 Å². The molecule has 1 saturated heterocycles. The molecular formula is C16H26N2O2S. The molecule has 5 heteroatoms. The Hall–Kier alpha value is -1.07. The SMILES string of the molecule is CC(C)(C)c1ccccc1NS(=O)(=O)CC1CCNCC1.